The molecule has 1 aliphatic heterocycles. The number of aromatic nitrogens is 4. The van der Waals surface area contributed by atoms with E-state index in [1.165, 1.54) is 0 Å². The van der Waals surface area contributed by atoms with Gasteiger partial charge in [-0.15, -0.1) is 0 Å². The molecule has 4 rings (SSSR count). The standard InChI is InChI=1S/C20H22N8O4/c21-8-11-7-12(11)9-32-20-26-17(18(30)31)25-19(27-20)28-5-3-10(4-6-28)14-2-1-13(22)15(24-14)16(23)29/h1-2,10-12H,3-7,9,22H2,(H2,23,29)(H,30,31)/t11-,12+/m0/s1. The van der Waals surface area contributed by atoms with Crippen LogP contribution in [0.15, 0.2) is 12.1 Å². The van der Waals surface area contributed by atoms with Crippen LogP contribution in [-0.4, -0.2) is 56.6 Å². The molecule has 1 saturated carbocycles. The zero-order chi connectivity index (χ0) is 22.8. The van der Waals surface area contributed by atoms with Gasteiger partial charge in [0.15, 0.2) is 5.69 Å². The smallest absolute Gasteiger partial charge is 0.374 e. The number of carbonyl (C=O) groups is 2. The number of pyridine rings is 1. The van der Waals surface area contributed by atoms with Crippen molar-refractivity contribution in [2.24, 2.45) is 17.6 Å². The first-order chi connectivity index (χ1) is 15.4. The van der Waals surface area contributed by atoms with E-state index in [1.807, 2.05) is 4.90 Å². The van der Waals surface area contributed by atoms with Crippen molar-refractivity contribution in [3.05, 3.63) is 29.3 Å². The summed E-state index contributed by atoms with van der Waals surface area (Å²) < 4.78 is 5.55. The number of rotatable bonds is 7. The van der Waals surface area contributed by atoms with Gasteiger partial charge >= 0.3 is 12.0 Å². The molecule has 0 radical (unpaired) electrons. The first kappa shape index (κ1) is 21.2. The van der Waals surface area contributed by atoms with Gasteiger partial charge in [0.25, 0.3) is 5.91 Å². The van der Waals surface area contributed by atoms with Crippen LogP contribution >= 0.6 is 0 Å². The van der Waals surface area contributed by atoms with E-state index >= 15 is 0 Å². The largest absolute Gasteiger partial charge is 0.475 e. The molecule has 12 nitrogen and oxygen atoms in total. The Morgan fingerprint density at radius 2 is 1.97 bits per heavy atom. The SMILES string of the molecule is N#C[C@@H]1C[C@@H]1COc1nc(C(=O)O)nc(N2CCC(c3ccc(N)c(C(N)=O)n3)CC2)n1. The van der Waals surface area contributed by atoms with E-state index in [2.05, 4.69) is 26.0 Å². The molecule has 1 saturated heterocycles. The van der Waals surface area contributed by atoms with Crippen molar-refractivity contribution >= 4 is 23.5 Å². The molecule has 1 amide bonds. The topological polar surface area (TPSA) is 194 Å². The Hall–Kier alpha value is -4.01. The summed E-state index contributed by atoms with van der Waals surface area (Å²) in [5, 5.41) is 18.3. The highest BCUT2D eigenvalue weighted by atomic mass is 16.5. The van der Waals surface area contributed by atoms with Crippen LogP contribution in [0.3, 0.4) is 0 Å². The number of nitrogens with zero attached hydrogens (tertiary/aromatic N) is 6. The first-order valence-corrected chi connectivity index (χ1v) is 10.2. The van der Waals surface area contributed by atoms with Gasteiger partial charge in [0.05, 0.1) is 24.3 Å². The number of aromatic carboxylic acids is 1. The number of piperidine rings is 1. The lowest BCUT2D eigenvalue weighted by Crippen LogP contribution is -2.35. The van der Waals surface area contributed by atoms with Gasteiger partial charge in [-0.3, -0.25) is 4.79 Å². The van der Waals surface area contributed by atoms with Crippen LogP contribution < -0.4 is 21.1 Å². The highest BCUT2D eigenvalue weighted by molar-refractivity contribution is 5.95. The summed E-state index contributed by atoms with van der Waals surface area (Å²) in [5.41, 5.74) is 12.1. The molecular weight excluding hydrogens is 416 g/mol. The number of nitriles is 1. The molecule has 0 aromatic carbocycles. The minimum absolute atomic E-state index is 0.0358. The number of nitrogen functional groups attached to an aromatic ring is 1. The summed E-state index contributed by atoms with van der Waals surface area (Å²) in [6.07, 6.45) is 2.13. The maximum absolute atomic E-state index is 11.5. The lowest BCUT2D eigenvalue weighted by atomic mass is 9.93. The van der Waals surface area contributed by atoms with Crippen LogP contribution in [0, 0.1) is 23.2 Å². The molecule has 2 fully saturated rings. The molecule has 0 unspecified atom stereocenters. The van der Waals surface area contributed by atoms with Crippen LogP contribution in [0.2, 0.25) is 0 Å². The molecule has 2 atom stereocenters. The van der Waals surface area contributed by atoms with Crippen molar-refractivity contribution in [3.63, 3.8) is 0 Å². The van der Waals surface area contributed by atoms with E-state index in [4.69, 9.17) is 21.5 Å². The Morgan fingerprint density at radius 3 is 2.59 bits per heavy atom. The predicted octanol–water partition coefficient (Wildman–Crippen LogP) is 0.568. The van der Waals surface area contributed by atoms with E-state index in [0.717, 1.165) is 12.1 Å². The summed E-state index contributed by atoms with van der Waals surface area (Å²) in [6, 6.07) is 5.52. The van der Waals surface area contributed by atoms with Crippen LogP contribution in [0.5, 0.6) is 6.01 Å². The van der Waals surface area contributed by atoms with E-state index in [1.54, 1.807) is 12.1 Å². The Labute approximate surface area is 183 Å². The third kappa shape index (κ3) is 4.51. The molecule has 32 heavy (non-hydrogen) atoms. The van der Waals surface area contributed by atoms with Gasteiger partial charge in [0, 0.05) is 30.6 Å². The van der Waals surface area contributed by atoms with Gasteiger partial charge in [-0.2, -0.15) is 20.2 Å². The highest BCUT2D eigenvalue weighted by Crippen LogP contribution is 2.37. The number of carboxylic acid groups (broad SMARTS) is 1. The third-order valence-corrected chi connectivity index (χ3v) is 5.69. The van der Waals surface area contributed by atoms with Gasteiger partial charge in [-0.25, -0.2) is 9.78 Å². The minimum Gasteiger partial charge on any atom is -0.475 e. The van der Waals surface area contributed by atoms with Gasteiger partial charge in [0.1, 0.15) is 0 Å². The molecule has 0 bridgehead atoms. The maximum atomic E-state index is 11.5. The second-order valence-corrected chi connectivity index (χ2v) is 7.89. The molecule has 1 aliphatic carbocycles. The number of ether oxygens (including phenoxy) is 1. The molecule has 12 heteroatoms. The molecule has 2 aliphatic rings. The number of carbonyl (C=O) groups excluding carboxylic acids is 1. The van der Waals surface area contributed by atoms with Crippen molar-refractivity contribution in [3.8, 4) is 12.1 Å². The van der Waals surface area contributed by atoms with Gasteiger partial charge in [-0.1, -0.05) is 0 Å². The molecule has 3 heterocycles. The molecular formula is C20H22N8O4. The van der Waals surface area contributed by atoms with E-state index < -0.39 is 17.7 Å². The summed E-state index contributed by atoms with van der Waals surface area (Å²) >= 11 is 0. The van der Waals surface area contributed by atoms with Crippen molar-refractivity contribution in [1.29, 1.82) is 5.26 Å². The van der Waals surface area contributed by atoms with Crippen LogP contribution in [0.1, 0.15) is 52.0 Å². The summed E-state index contributed by atoms with van der Waals surface area (Å²) in [4.78, 5) is 41.4. The van der Waals surface area contributed by atoms with E-state index in [9.17, 15) is 14.7 Å². The third-order valence-electron chi connectivity index (χ3n) is 5.69. The van der Waals surface area contributed by atoms with Gasteiger partial charge in [-0.05, 0) is 31.4 Å². The number of anilines is 2. The monoisotopic (exact) mass is 438 g/mol. The summed E-state index contributed by atoms with van der Waals surface area (Å²) in [7, 11) is 0. The summed E-state index contributed by atoms with van der Waals surface area (Å²) in [6.45, 7) is 1.35. The van der Waals surface area contributed by atoms with Gasteiger partial charge in [0.2, 0.25) is 11.8 Å². The van der Waals surface area contributed by atoms with Crippen molar-refractivity contribution in [1.82, 2.24) is 19.9 Å². The average Bonchev–Trinajstić information content (AvgIpc) is 3.56. The quantitative estimate of drug-likeness (QED) is 0.546. The predicted molar refractivity (Wildman–Crippen MR) is 111 cm³/mol. The normalized spacial score (nSPS) is 20.4. The zero-order valence-electron chi connectivity index (χ0n) is 17.1. The first-order valence-electron chi connectivity index (χ1n) is 10.2. The zero-order valence-corrected chi connectivity index (χ0v) is 17.1. The molecule has 2 aromatic rings. The fourth-order valence-electron chi connectivity index (χ4n) is 3.70. The number of nitrogens with two attached hydrogens (primary N) is 2. The summed E-state index contributed by atoms with van der Waals surface area (Å²) in [5.74, 6) is -1.96. The maximum Gasteiger partial charge on any atom is 0.374 e. The molecule has 166 valence electrons. The fourth-order valence-corrected chi connectivity index (χ4v) is 3.70. The van der Waals surface area contributed by atoms with Crippen LogP contribution in [-0.2, 0) is 0 Å². The Morgan fingerprint density at radius 1 is 1.22 bits per heavy atom. The second kappa shape index (κ2) is 8.62. The van der Waals surface area contributed by atoms with Crippen LogP contribution in [0.25, 0.3) is 0 Å². The van der Waals surface area contributed by atoms with Crippen molar-refractivity contribution in [2.75, 3.05) is 30.3 Å². The number of hydrogen-bond donors (Lipinski definition) is 3. The van der Waals surface area contributed by atoms with Gasteiger partial charge < -0.3 is 26.2 Å². The molecule has 0 spiro atoms. The lowest BCUT2D eigenvalue weighted by molar-refractivity contribution is 0.0681. The number of primary amides is 1. The second-order valence-electron chi connectivity index (χ2n) is 7.89. The van der Waals surface area contributed by atoms with Crippen molar-refractivity contribution < 1.29 is 19.4 Å². The molecule has 2 aromatic heterocycles. The van der Waals surface area contributed by atoms with E-state index in [-0.39, 0.29) is 47.7 Å². The lowest BCUT2D eigenvalue weighted by Gasteiger charge is -2.31. The Bertz CT molecular complexity index is 1090. The Balaban J connectivity index is 1.45. The number of amides is 1. The van der Waals surface area contributed by atoms with Crippen LogP contribution in [0.4, 0.5) is 11.6 Å². The fraction of sp³-hybridized carbons (Fsp3) is 0.450. The Kier molecular flexibility index (Phi) is 5.72. The van der Waals surface area contributed by atoms with Crippen molar-refractivity contribution in [2.45, 2.75) is 25.2 Å². The highest BCUT2D eigenvalue weighted by Gasteiger charge is 2.38. The number of hydrogen-bond acceptors (Lipinski definition) is 10. The minimum atomic E-state index is -1.28. The average molecular weight is 438 g/mol. The number of carboxylic acids is 1. The van der Waals surface area contributed by atoms with E-state index in [0.29, 0.717) is 25.9 Å². The molecule has 5 N–H and O–H groups in total.